The van der Waals surface area contributed by atoms with Crippen LogP contribution >= 0.6 is 0 Å². The average molecular weight is 349 g/mol. The average Bonchev–Trinajstić information content (AvgIpc) is 3.22. The van der Waals surface area contributed by atoms with Gasteiger partial charge in [-0.15, -0.1) is 5.10 Å². The van der Waals surface area contributed by atoms with Crippen molar-refractivity contribution in [2.24, 2.45) is 0 Å². The molecule has 0 fully saturated rings. The number of aromatic nitrogens is 4. The smallest absolute Gasteiger partial charge is 0.317 e. The summed E-state index contributed by atoms with van der Waals surface area (Å²) in [6.45, 7) is 8.68. The Bertz CT molecular complexity index is 764. The Morgan fingerprint density at radius 1 is 1.36 bits per heavy atom. The SMILES string of the molecule is COC(=O)C(C)(C)c1cn(C(C)C(=O)NC(C)c2cc(C)no2)nn1. The minimum Gasteiger partial charge on any atom is -0.468 e. The van der Waals surface area contributed by atoms with Gasteiger partial charge in [0.15, 0.2) is 5.76 Å². The summed E-state index contributed by atoms with van der Waals surface area (Å²) in [6, 6.07) is 0.828. The van der Waals surface area contributed by atoms with Gasteiger partial charge in [-0.05, 0) is 34.6 Å². The van der Waals surface area contributed by atoms with E-state index in [1.54, 1.807) is 40.0 Å². The quantitative estimate of drug-likeness (QED) is 0.786. The van der Waals surface area contributed by atoms with Crippen molar-refractivity contribution < 1.29 is 18.8 Å². The number of hydrogen-bond acceptors (Lipinski definition) is 7. The van der Waals surface area contributed by atoms with Crippen LogP contribution in [0, 0.1) is 6.92 Å². The van der Waals surface area contributed by atoms with Crippen molar-refractivity contribution in [1.82, 2.24) is 25.5 Å². The summed E-state index contributed by atoms with van der Waals surface area (Å²) in [4.78, 5) is 24.3. The summed E-state index contributed by atoms with van der Waals surface area (Å²) in [5, 5.41) is 14.6. The maximum atomic E-state index is 12.4. The maximum Gasteiger partial charge on any atom is 0.317 e. The van der Waals surface area contributed by atoms with Gasteiger partial charge in [0.25, 0.3) is 0 Å². The monoisotopic (exact) mass is 349 g/mol. The molecule has 0 aliphatic carbocycles. The number of esters is 1. The fraction of sp³-hybridized carbons (Fsp3) is 0.562. The van der Waals surface area contributed by atoms with Crippen molar-refractivity contribution in [3.8, 4) is 0 Å². The predicted octanol–water partition coefficient (Wildman–Crippen LogP) is 1.46. The molecule has 0 saturated carbocycles. The molecule has 9 nitrogen and oxygen atoms in total. The van der Waals surface area contributed by atoms with E-state index in [1.807, 2.05) is 6.92 Å². The van der Waals surface area contributed by atoms with E-state index in [9.17, 15) is 9.59 Å². The number of hydrogen-bond donors (Lipinski definition) is 1. The van der Waals surface area contributed by atoms with Crippen molar-refractivity contribution in [2.45, 2.75) is 52.1 Å². The van der Waals surface area contributed by atoms with Crippen molar-refractivity contribution in [3.63, 3.8) is 0 Å². The minimum atomic E-state index is -0.951. The van der Waals surface area contributed by atoms with Gasteiger partial charge < -0.3 is 14.6 Å². The number of carbonyl (C=O) groups excluding carboxylic acids is 2. The van der Waals surface area contributed by atoms with Crippen LogP contribution in [0.15, 0.2) is 16.8 Å². The molecule has 2 aromatic rings. The zero-order valence-corrected chi connectivity index (χ0v) is 15.2. The highest BCUT2D eigenvalue weighted by atomic mass is 16.5. The molecule has 0 aliphatic heterocycles. The van der Waals surface area contributed by atoms with Crippen molar-refractivity contribution >= 4 is 11.9 Å². The molecular weight excluding hydrogens is 326 g/mol. The van der Waals surface area contributed by atoms with Crippen LogP contribution in [-0.4, -0.2) is 39.1 Å². The molecule has 2 rings (SSSR count). The van der Waals surface area contributed by atoms with Gasteiger partial charge >= 0.3 is 5.97 Å². The zero-order valence-electron chi connectivity index (χ0n) is 15.2. The lowest BCUT2D eigenvalue weighted by molar-refractivity contribution is -0.146. The highest BCUT2D eigenvalue weighted by molar-refractivity contribution is 5.82. The summed E-state index contributed by atoms with van der Waals surface area (Å²) in [5.74, 6) is -0.107. The predicted molar refractivity (Wildman–Crippen MR) is 87.6 cm³/mol. The molecule has 2 unspecified atom stereocenters. The molecule has 1 N–H and O–H groups in total. The summed E-state index contributed by atoms with van der Waals surface area (Å²) in [5.41, 5.74) is 0.224. The Labute approximate surface area is 145 Å². The number of ether oxygens (including phenoxy) is 1. The molecule has 1 amide bonds. The standard InChI is InChI=1S/C16H23N5O4/c1-9-7-12(25-19-9)10(2)17-14(22)11(3)21-8-13(18-20-21)16(4,5)15(23)24-6/h7-8,10-11H,1-6H3,(H,17,22). The van der Waals surface area contributed by atoms with Gasteiger partial charge in [-0.25, -0.2) is 4.68 Å². The van der Waals surface area contributed by atoms with Gasteiger partial charge in [-0.3, -0.25) is 9.59 Å². The second kappa shape index (κ2) is 7.04. The third-order valence-corrected chi connectivity index (χ3v) is 4.05. The molecular formula is C16H23N5O4. The molecule has 136 valence electrons. The molecule has 0 spiro atoms. The molecule has 2 heterocycles. The van der Waals surface area contributed by atoms with E-state index in [-0.39, 0.29) is 11.9 Å². The van der Waals surface area contributed by atoms with E-state index in [1.165, 1.54) is 11.8 Å². The summed E-state index contributed by atoms with van der Waals surface area (Å²) < 4.78 is 11.3. The first-order valence-corrected chi connectivity index (χ1v) is 7.91. The first kappa shape index (κ1) is 18.6. The first-order chi connectivity index (χ1) is 11.7. The Balaban J connectivity index is 2.09. The van der Waals surface area contributed by atoms with Crippen molar-refractivity contribution in [2.75, 3.05) is 7.11 Å². The number of carbonyl (C=O) groups is 2. The van der Waals surface area contributed by atoms with E-state index >= 15 is 0 Å². The van der Waals surface area contributed by atoms with E-state index < -0.39 is 17.4 Å². The second-order valence-corrected chi connectivity index (χ2v) is 6.48. The molecule has 0 aliphatic rings. The minimum absolute atomic E-state index is 0.256. The molecule has 0 radical (unpaired) electrons. The largest absolute Gasteiger partial charge is 0.468 e. The lowest BCUT2D eigenvalue weighted by Gasteiger charge is -2.18. The number of methoxy groups -OCH3 is 1. The third-order valence-electron chi connectivity index (χ3n) is 4.05. The van der Waals surface area contributed by atoms with E-state index in [2.05, 4.69) is 20.8 Å². The van der Waals surface area contributed by atoms with Gasteiger partial charge in [0, 0.05) is 6.07 Å². The molecule has 0 bridgehead atoms. The van der Waals surface area contributed by atoms with Crippen LogP contribution in [0.3, 0.4) is 0 Å². The Morgan fingerprint density at radius 2 is 2.04 bits per heavy atom. The topological polar surface area (TPSA) is 112 Å². The Hall–Kier alpha value is -2.71. The fourth-order valence-electron chi connectivity index (χ4n) is 2.22. The normalized spacial score (nSPS) is 14.0. The van der Waals surface area contributed by atoms with Crippen LogP contribution in [0.4, 0.5) is 0 Å². The van der Waals surface area contributed by atoms with Gasteiger partial charge in [-0.2, -0.15) is 0 Å². The van der Waals surface area contributed by atoms with Gasteiger partial charge in [0.05, 0.1) is 30.7 Å². The van der Waals surface area contributed by atoms with E-state index in [4.69, 9.17) is 9.26 Å². The maximum absolute atomic E-state index is 12.4. The van der Waals surface area contributed by atoms with Gasteiger partial charge in [-0.1, -0.05) is 10.4 Å². The van der Waals surface area contributed by atoms with Crippen LogP contribution in [0.2, 0.25) is 0 Å². The zero-order chi connectivity index (χ0) is 18.8. The van der Waals surface area contributed by atoms with Crippen molar-refractivity contribution in [3.05, 3.63) is 29.4 Å². The number of rotatable bonds is 6. The lowest BCUT2D eigenvalue weighted by Crippen LogP contribution is -2.33. The highest BCUT2D eigenvalue weighted by Crippen LogP contribution is 2.23. The molecule has 9 heteroatoms. The highest BCUT2D eigenvalue weighted by Gasteiger charge is 2.34. The fourth-order valence-corrected chi connectivity index (χ4v) is 2.22. The van der Waals surface area contributed by atoms with Gasteiger partial charge in [0.2, 0.25) is 5.91 Å². The van der Waals surface area contributed by atoms with Crippen LogP contribution in [0.1, 0.15) is 56.9 Å². The first-order valence-electron chi connectivity index (χ1n) is 7.91. The molecule has 25 heavy (non-hydrogen) atoms. The molecule has 2 atom stereocenters. The molecule has 2 aromatic heterocycles. The van der Waals surface area contributed by atoms with Crippen molar-refractivity contribution in [1.29, 1.82) is 0 Å². The number of aryl methyl sites for hydroxylation is 1. The summed E-state index contributed by atoms with van der Waals surface area (Å²) in [6.07, 6.45) is 1.57. The summed E-state index contributed by atoms with van der Waals surface area (Å²) in [7, 11) is 1.32. The number of nitrogens with one attached hydrogen (secondary N) is 1. The number of nitrogens with zero attached hydrogens (tertiary/aromatic N) is 4. The number of amides is 1. The van der Waals surface area contributed by atoms with Gasteiger partial charge in [0.1, 0.15) is 11.5 Å². The molecule has 0 aromatic carbocycles. The summed E-state index contributed by atoms with van der Waals surface area (Å²) >= 11 is 0. The van der Waals surface area contributed by atoms with Crippen LogP contribution in [0.5, 0.6) is 0 Å². The van der Waals surface area contributed by atoms with Crippen LogP contribution in [0.25, 0.3) is 0 Å². The lowest BCUT2D eigenvalue weighted by atomic mass is 9.90. The Morgan fingerprint density at radius 3 is 2.60 bits per heavy atom. The third kappa shape index (κ3) is 3.86. The second-order valence-electron chi connectivity index (χ2n) is 6.48. The van der Waals surface area contributed by atoms with Crippen LogP contribution < -0.4 is 5.32 Å². The van der Waals surface area contributed by atoms with E-state index in [0.717, 1.165) is 5.69 Å². The van der Waals surface area contributed by atoms with Crippen LogP contribution in [-0.2, 0) is 19.7 Å². The Kier molecular flexibility index (Phi) is 5.24. The van der Waals surface area contributed by atoms with E-state index in [0.29, 0.717) is 11.5 Å². The molecule has 0 saturated heterocycles.